The standard InChI is InChI=1S/C12H17NO/c1-10(14)12(9-13-2)8-11-6-4-3-5-7-11/h3-7,12-13H,8-9H2,1-2H3. The lowest BCUT2D eigenvalue weighted by atomic mass is 9.96. The van der Waals surface area contributed by atoms with E-state index in [0.717, 1.165) is 13.0 Å². The average Bonchev–Trinajstić information content (AvgIpc) is 2.18. The predicted octanol–water partition coefficient (Wildman–Crippen LogP) is 1.65. The van der Waals surface area contributed by atoms with Crippen LogP contribution in [0.1, 0.15) is 12.5 Å². The van der Waals surface area contributed by atoms with Gasteiger partial charge in [-0.15, -0.1) is 0 Å². The Balaban J connectivity index is 2.60. The van der Waals surface area contributed by atoms with Crippen LogP contribution in [0.3, 0.4) is 0 Å². The molecule has 0 aliphatic rings. The second-order valence-corrected chi connectivity index (χ2v) is 3.55. The van der Waals surface area contributed by atoms with Crippen LogP contribution >= 0.6 is 0 Å². The highest BCUT2D eigenvalue weighted by Gasteiger charge is 2.13. The first-order valence-electron chi connectivity index (χ1n) is 4.93. The number of hydrogen-bond acceptors (Lipinski definition) is 2. The molecule has 1 rings (SSSR count). The van der Waals surface area contributed by atoms with Gasteiger partial charge in [-0.05, 0) is 26.0 Å². The summed E-state index contributed by atoms with van der Waals surface area (Å²) in [4.78, 5) is 11.3. The Morgan fingerprint density at radius 1 is 1.36 bits per heavy atom. The molecule has 1 N–H and O–H groups in total. The van der Waals surface area contributed by atoms with Gasteiger partial charge in [0, 0.05) is 12.5 Å². The number of rotatable bonds is 5. The number of benzene rings is 1. The Hall–Kier alpha value is -1.15. The highest BCUT2D eigenvalue weighted by Crippen LogP contribution is 2.08. The molecule has 0 aromatic heterocycles. The molecule has 0 spiro atoms. The summed E-state index contributed by atoms with van der Waals surface area (Å²) in [5.74, 6) is 0.352. The van der Waals surface area contributed by atoms with E-state index in [1.807, 2.05) is 25.2 Å². The molecule has 2 heteroatoms. The zero-order chi connectivity index (χ0) is 10.4. The van der Waals surface area contributed by atoms with Gasteiger partial charge in [-0.2, -0.15) is 0 Å². The van der Waals surface area contributed by atoms with Gasteiger partial charge in [-0.1, -0.05) is 30.3 Å². The second kappa shape index (κ2) is 5.55. The van der Waals surface area contributed by atoms with Gasteiger partial charge >= 0.3 is 0 Å². The van der Waals surface area contributed by atoms with Crippen LogP contribution in [-0.2, 0) is 11.2 Å². The summed E-state index contributed by atoms with van der Waals surface area (Å²) in [5.41, 5.74) is 1.22. The maximum Gasteiger partial charge on any atom is 0.134 e. The van der Waals surface area contributed by atoms with Crippen molar-refractivity contribution in [2.45, 2.75) is 13.3 Å². The summed E-state index contributed by atoms with van der Waals surface area (Å²) in [6.45, 7) is 2.41. The summed E-state index contributed by atoms with van der Waals surface area (Å²) in [7, 11) is 1.88. The van der Waals surface area contributed by atoms with E-state index in [2.05, 4.69) is 17.4 Å². The molecule has 76 valence electrons. The van der Waals surface area contributed by atoms with Gasteiger partial charge in [0.15, 0.2) is 0 Å². The van der Waals surface area contributed by atoms with Crippen LogP contribution in [-0.4, -0.2) is 19.4 Å². The number of carbonyl (C=O) groups is 1. The van der Waals surface area contributed by atoms with Crippen molar-refractivity contribution in [3.8, 4) is 0 Å². The summed E-state index contributed by atoms with van der Waals surface area (Å²) in [6, 6.07) is 10.1. The van der Waals surface area contributed by atoms with Gasteiger partial charge in [0.05, 0.1) is 0 Å². The van der Waals surface area contributed by atoms with E-state index in [0.29, 0.717) is 0 Å². The van der Waals surface area contributed by atoms with Gasteiger partial charge < -0.3 is 5.32 Å². The molecule has 0 heterocycles. The van der Waals surface area contributed by atoms with Crippen molar-refractivity contribution in [3.05, 3.63) is 35.9 Å². The number of hydrogen-bond donors (Lipinski definition) is 1. The van der Waals surface area contributed by atoms with Gasteiger partial charge in [-0.3, -0.25) is 4.79 Å². The summed E-state index contributed by atoms with van der Waals surface area (Å²) in [5, 5.41) is 3.05. The van der Waals surface area contributed by atoms with E-state index in [9.17, 15) is 4.79 Å². The molecule has 0 radical (unpaired) electrons. The van der Waals surface area contributed by atoms with Gasteiger partial charge in [0.2, 0.25) is 0 Å². The highest BCUT2D eigenvalue weighted by atomic mass is 16.1. The minimum atomic E-state index is 0.0994. The zero-order valence-electron chi connectivity index (χ0n) is 8.79. The van der Waals surface area contributed by atoms with E-state index >= 15 is 0 Å². The maximum atomic E-state index is 11.3. The summed E-state index contributed by atoms with van der Waals surface area (Å²) >= 11 is 0. The number of nitrogens with one attached hydrogen (secondary N) is 1. The first kappa shape index (κ1) is 10.9. The van der Waals surface area contributed by atoms with E-state index in [1.54, 1.807) is 6.92 Å². The minimum absolute atomic E-state index is 0.0994. The Bertz CT molecular complexity index is 282. The predicted molar refractivity (Wildman–Crippen MR) is 58.2 cm³/mol. The average molecular weight is 191 g/mol. The molecule has 1 unspecified atom stereocenters. The molecule has 0 fully saturated rings. The van der Waals surface area contributed by atoms with E-state index in [-0.39, 0.29) is 11.7 Å². The van der Waals surface area contributed by atoms with Crippen LogP contribution in [0.15, 0.2) is 30.3 Å². The molecule has 1 atom stereocenters. The first-order chi connectivity index (χ1) is 6.74. The normalized spacial score (nSPS) is 12.4. The summed E-state index contributed by atoms with van der Waals surface area (Å²) in [6.07, 6.45) is 0.830. The fourth-order valence-electron chi connectivity index (χ4n) is 1.50. The summed E-state index contributed by atoms with van der Waals surface area (Å²) < 4.78 is 0. The number of carbonyl (C=O) groups excluding carboxylic acids is 1. The molecular weight excluding hydrogens is 174 g/mol. The largest absolute Gasteiger partial charge is 0.319 e. The molecule has 14 heavy (non-hydrogen) atoms. The topological polar surface area (TPSA) is 29.1 Å². The molecule has 0 aliphatic carbocycles. The maximum absolute atomic E-state index is 11.3. The minimum Gasteiger partial charge on any atom is -0.319 e. The Kier molecular flexibility index (Phi) is 4.33. The number of ketones is 1. The van der Waals surface area contributed by atoms with Crippen LogP contribution in [0.25, 0.3) is 0 Å². The van der Waals surface area contributed by atoms with Crippen molar-refractivity contribution in [2.75, 3.05) is 13.6 Å². The smallest absolute Gasteiger partial charge is 0.134 e. The number of Topliss-reactive ketones (excluding diaryl/α,β-unsaturated/α-hetero) is 1. The lowest BCUT2D eigenvalue weighted by molar-refractivity contribution is -0.120. The SMILES string of the molecule is CNCC(Cc1ccccc1)C(C)=O. The Morgan fingerprint density at radius 2 is 2.00 bits per heavy atom. The third-order valence-corrected chi connectivity index (χ3v) is 2.35. The second-order valence-electron chi connectivity index (χ2n) is 3.55. The van der Waals surface area contributed by atoms with Crippen molar-refractivity contribution in [2.24, 2.45) is 5.92 Å². The van der Waals surface area contributed by atoms with Gasteiger partial charge in [0.25, 0.3) is 0 Å². The first-order valence-corrected chi connectivity index (χ1v) is 4.93. The molecule has 0 saturated heterocycles. The van der Waals surface area contributed by atoms with Crippen LogP contribution in [0, 0.1) is 5.92 Å². The lowest BCUT2D eigenvalue weighted by Gasteiger charge is -2.12. The molecule has 0 bridgehead atoms. The fourth-order valence-corrected chi connectivity index (χ4v) is 1.50. The van der Waals surface area contributed by atoms with E-state index < -0.39 is 0 Å². The molecule has 1 aromatic rings. The third kappa shape index (κ3) is 3.30. The van der Waals surface area contributed by atoms with E-state index in [1.165, 1.54) is 5.56 Å². The van der Waals surface area contributed by atoms with Crippen molar-refractivity contribution < 1.29 is 4.79 Å². The van der Waals surface area contributed by atoms with Crippen LogP contribution in [0.4, 0.5) is 0 Å². The van der Waals surface area contributed by atoms with Gasteiger partial charge in [0.1, 0.15) is 5.78 Å². The van der Waals surface area contributed by atoms with E-state index in [4.69, 9.17) is 0 Å². The van der Waals surface area contributed by atoms with Crippen LogP contribution in [0.5, 0.6) is 0 Å². The monoisotopic (exact) mass is 191 g/mol. The molecule has 0 aliphatic heterocycles. The van der Waals surface area contributed by atoms with Crippen molar-refractivity contribution in [3.63, 3.8) is 0 Å². The highest BCUT2D eigenvalue weighted by molar-refractivity contribution is 5.78. The van der Waals surface area contributed by atoms with Crippen molar-refractivity contribution in [1.82, 2.24) is 5.32 Å². The lowest BCUT2D eigenvalue weighted by Crippen LogP contribution is -2.26. The van der Waals surface area contributed by atoms with Crippen LogP contribution in [0.2, 0.25) is 0 Å². The van der Waals surface area contributed by atoms with Crippen molar-refractivity contribution >= 4 is 5.78 Å². The Labute approximate surface area is 85.3 Å². The van der Waals surface area contributed by atoms with Crippen molar-refractivity contribution in [1.29, 1.82) is 0 Å². The quantitative estimate of drug-likeness (QED) is 0.766. The zero-order valence-corrected chi connectivity index (χ0v) is 8.79. The molecule has 0 amide bonds. The molecule has 1 aromatic carbocycles. The molecule has 2 nitrogen and oxygen atoms in total. The third-order valence-electron chi connectivity index (χ3n) is 2.35. The molecular formula is C12H17NO. The Morgan fingerprint density at radius 3 is 2.50 bits per heavy atom. The fraction of sp³-hybridized carbons (Fsp3) is 0.417. The van der Waals surface area contributed by atoms with Gasteiger partial charge in [-0.25, -0.2) is 0 Å². The van der Waals surface area contributed by atoms with Crippen LogP contribution < -0.4 is 5.32 Å². The molecule has 0 saturated carbocycles.